The number of amides is 2. The zero-order valence-corrected chi connectivity index (χ0v) is 31.7. The Balaban J connectivity index is 1.01. The molecule has 3 aromatic heterocycles. The molecule has 5 aromatic rings. The Morgan fingerprint density at radius 2 is 1.64 bits per heavy atom. The van der Waals surface area contributed by atoms with Gasteiger partial charge in [-0.1, -0.05) is 36.4 Å². The van der Waals surface area contributed by atoms with E-state index in [1.165, 1.54) is 11.0 Å². The summed E-state index contributed by atoms with van der Waals surface area (Å²) in [6.45, 7) is 0.225. The molecule has 11 nitrogen and oxygen atoms in total. The van der Waals surface area contributed by atoms with Crippen LogP contribution in [0.3, 0.4) is 0 Å². The summed E-state index contributed by atoms with van der Waals surface area (Å²) < 4.78 is 100. The summed E-state index contributed by atoms with van der Waals surface area (Å²) in [5, 5.41) is 11.5. The summed E-state index contributed by atoms with van der Waals surface area (Å²) >= 11 is 0.800. The van der Waals surface area contributed by atoms with Crippen LogP contribution in [-0.2, 0) is 23.7 Å². The van der Waals surface area contributed by atoms with Gasteiger partial charge in [-0.25, -0.2) is 9.37 Å². The van der Waals surface area contributed by atoms with Crippen molar-refractivity contribution in [3.63, 3.8) is 0 Å². The Morgan fingerprint density at radius 3 is 2.31 bits per heavy atom. The summed E-state index contributed by atoms with van der Waals surface area (Å²) in [4.78, 5) is 51.6. The number of aromatic nitrogens is 3. The lowest BCUT2D eigenvalue weighted by Gasteiger charge is -2.43. The summed E-state index contributed by atoms with van der Waals surface area (Å²) in [6.07, 6.45) is -6.82. The molecule has 0 bridgehead atoms. The summed E-state index contributed by atoms with van der Waals surface area (Å²) in [5.41, 5.74) is 2.19. The molecule has 310 valence electrons. The average molecular weight is 845 g/mol. The van der Waals surface area contributed by atoms with Gasteiger partial charge in [0.15, 0.2) is 5.69 Å². The van der Waals surface area contributed by atoms with Gasteiger partial charge >= 0.3 is 12.4 Å². The van der Waals surface area contributed by atoms with E-state index in [1.807, 2.05) is 18.2 Å². The molecule has 0 spiro atoms. The van der Waals surface area contributed by atoms with E-state index < -0.39 is 69.9 Å². The van der Waals surface area contributed by atoms with Crippen molar-refractivity contribution in [2.75, 3.05) is 31.9 Å². The molecule has 2 aliphatic heterocycles. The third-order valence-corrected chi connectivity index (χ3v) is 11.7. The molecule has 2 atom stereocenters. The van der Waals surface area contributed by atoms with Crippen molar-refractivity contribution >= 4 is 28.8 Å². The molecule has 7 rings (SSSR count). The van der Waals surface area contributed by atoms with Gasteiger partial charge in [0.05, 0.1) is 17.7 Å². The van der Waals surface area contributed by atoms with E-state index in [0.717, 1.165) is 70.4 Å². The number of carbonyl (C=O) groups excluding carboxylic acids is 2. The number of nitrogen functional groups attached to an aromatic ring is 1. The molecule has 2 saturated heterocycles. The van der Waals surface area contributed by atoms with Gasteiger partial charge in [0.25, 0.3) is 11.5 Å². The van der Waals surface area contributed by atoms with Gasteiger partial charge in [0.1, 0.15) is 28.5 Å². The minimum atomic E-state index is -4.65. The van der Waals surface area contributed by atoms with Crippen LogP contribution >= 0.6 is 11.3 Å². The van der Waals surface area contributed by atoms with Crippen LogP contribution < -0.4 is 16.0 Å². The fraction of sp³-hybridized carbons (Fsp3) is 0.325. The van der Waals surface area contributed by atoms with E-state index >= 15 is 4.39 Å². The van der Waals surface area contributed by atoms with E-state index in [2.05, 4.69) is 9.97 Å². The number of aliphatic hydroxyl groups is 1. The average Bonchev–Trinajstić information content (AvgIpc) is 3.61. The largest absolute Gasteiger partial charge is 0.437 e. The first-order valence-electron chi connectivity index (χ1n) is 18.3. The third-order valence-electron chi connectivity index (χ3n) is 10.5. The molecular weight excluding hydrogens is 810 g/mol. The van der Waals surface area contributed by atoms with Gasteiger partial charge in [-0.15, -0.1) is 11.3 Å². The number of hydrogen-bond donors (Lipinski definition) is 2. The van der Waals surface area contributed by atoms with Gasteiger partial charge in [0, 0.05) is 54.7 Å². The van der Waals surface area contributed by atoms with Gasteiger partial charge < -0.3 is 25.4 Å². The number of pyridine rings is 1. The van der Waals surface area contributed by atoms with Crippen LogP contribution in [0.1, 0.15) is 51.7 Å². The lowest BCUT2D eigenvalue weighted by Crippen LogP contribution is -2.53. The number of anilines is 1. The van der Waals surface area contributed by atoms with Crippen LogP contribution in [0.2, 0.25) is 0 Å². The quantitative estimate of drug-likeness (QED) is 0.156. The SMILES string of the molecule is Nc1c(Oc2cccc(C(F)(F)F)c2)ncn(CC2(O)CCN(C(=O)[C@@H]3CCN(C(=O)c4sc(-c5ccc(C(F)(F)F)nc5)cc4F)C[C@H]3c3ccccc3)CC2)c1=O. The van der Waals surface area contributed by atoms with Crippen molar-refractivity contribution in [2.24, 2.45) is 5.92 Å². The van der Waals surface area contributed by atoms with Crippen LogP contribution in [0.4, 0.5) is 36.4 Å². The van der Waals surface area contributed by atoms with Gasteiger partial charge in [-0.05, 0) is 61.2 Å². The Labute approximate surface area is 335 Å². The predicted octanol–water partition coefficient (Wildman–Crippen LogP) is 7.22. The first-order valence-corrected chi connectivity index (χ1v) is 19.1. The summed E-state index contributed by atoms with van der Waals surface area (Å²) in [5.74, 6) is -3.34. The number of halogens is 7. The highest BCUT2D eigenvalue weighted by Gasteiger charge is 2.42. The number of benzene rings is 2. The number of nitrogens with two attached hydrogens (primary N) is 1. The zero-order chi connectivity index (χ0) is 42.3. The van der Waals surface area contributed by atoms with E-state index in [1.54, 1.807) is 17.0 Å². The highest BCUT2D eigenvalue weighted by molar-refractivity contribution is 7.17. The van der Waals surface area contributed by atoms with Gasteiger partial charge in [-0.3, -0.25) is 23.9 Å². The first-order chi connectivity index (χ1) is 27.9. The Hall–Kier alpha value is -5.82. The van der Waals surface area contributed by atoms with Crippen molar-refractivity contribution in [1.29, 1.82) is 0 Å². The van der Waals surface area contributed by atoms with E-state index in [-0.39, 0.29) is 79.0 Å². The van der Waals surface area contributed by atoms with Crippen LogP contribution in [0, 0.1) is 11.7 Å². The maximum absolute atomic E-state index is 15.2. The number of carbonyl (C=O) groups is 2. The highest BCUT2D eigenvalue weighted by Crippen LogP contribution is 2.39. The van der Waals surface area contributed by atoms with E-state index in [0.29, 0.717) is 0 Å². The normalized spacial score (nSPS) is 18.4. The molecule has 19 heteroatoms. The molecule has 59 heavy (non-hydrogen) atoms. The number of rotatable bonds is 8. The van der Waals surface area contributed by atoms with Crippen molar-refractivity contribution in [1.82, 2.24) is 24.3 Å². The molecule has 0 aliphatic carbocycles. The number of nitrogens with zero attached hydrogens (tertiary/aromatic N) is 5. The maximum Gasteiger partial charge on any atom is 0.433 e. The van der Waals surface area contributed by atoms with Crippen LogP contribution in [0.15, 0.2) is 90.1 Å². The van der Waals surface area contributed by atoms with Crippen molar-refractivity contribution in [3.8, 4) is 22.1 Å². The number of ether oxygens (including phenoxy) is 1. The lowest BCUT2D eigenvalue weighted by molar-refractivity contribution is -0.142. The van der Waals surface area contributed by atoms with E-state index in [9.17, 15) is 45.8 Å². The predicted molar refractivity (Wildman–Crippen MR) is 201 cm³/mol. The minimum absolute atomic E-state index is 0.0787. The number of thiophene rings is 1. The number of alkyl halides is 6. The zero-order valence-electron chi connectivity index (χ0n) is 30.8. The molecule has 2 amide bonds. The number of likely N-dealkylation sites (tertiary alicyclic amines) is 2. The number of hydrogen-bond acceptors (Lipinski definition) is 9. The molecule has 0 saturated carbocycles. The van der Waals surface area contributed by atoms with E-state index in [4.69, 9.17) is 10.5 Å². The smallest absolute Gasteiger partial charge is 0.433 e. The molecule has 3 N–H and O–H groups in total. The number of piperidine rings is 2. The molecule has 0 radical (unpaired) electrons. The van der Waals surface area contributed by atoms with Crippen LogP contribution in [0.25, 0.3) is 10.4 Å². The standard InChI is InChI=1S/C40H35F7N6O5S/c41-29-18-30(24-9-10-31(49-19-24)40(45,46)47)59-33(29)37(56)52-14-11-27(28(20-52)23-5-2-1-3-6-23)35(54)51-15-12-38(57,13-16-51)21-53-22-50-34(32(48)36(53)55)58-26-8-4-7-25(17-26)39(42,43)44/h1-10,17-19,22,27-28,57H,11-16,20-21,48H2/t27-,28+/m1/s1. The Bertz CT molecular complexity index is 2400. The van der Waals surface area contributed by atoms with Crippen molar-refractivity contribution < 1.29 is 50.2 Å². The second kappa shape index (κ2) is 16.1. The second-order valence-corrected chi connectivity index (χ2v) is 15.5. The molecule has 2 fully saturated rings. The van der Waals surface area contributed by atoms with Crippen molar-refractivity contribution in [2.45, 2.75) is 49.7 Å². The van der Waals surface area contributed by atoms with Crippen LogP contribution in [0.5, 0.6) is 11.6 Å². The fourth-order valence-corrected chi connectivity index (χ4v) is 8.36. The molecule has 2 aromatic carbocycles. The second-order valence-electron chi connectivity index (χ2n) is 14.5. The highest BCUT2D eigenvalue weighted by atomic mass is 32.1. The molecule has 0 unspecified atom stereocenters. The first kappa shape index (κ1) is 41.3. The lowest BCUT2D eigenvalue weighted by atomic mass is 9.79. The van der Waals surface area contributed by atoms with Crippen LogP contribution in [-0.4, -0.2) is 73.0 Å². The Kier molecular flexibility index (Phi) is 11.3. The van der Waals surface area contributed by atoms with Gasteiger partial charge in [0.2, 0.25) is 11.8 Å². The fourth-order valence-electron chi connectivity index (χ4n) is 7.36. The topological polar surface area (TPSA) is 144 Å². The third kappa shape index (κ3) is 8.95. The molecule has 2 aliphatic rings. The summed E-state index contributed by atoms with van der Waals surface area (Å²) in [7, 11) is 0. The summed E-state index contributed by atoms with van der Waals surface area (Å²) in [6, 6.07) is 16.1. The van der Waals surface area contributed by atoms with Gasteiger partial charge in [-0.2, -0.15) is 26.3 Å². The molecular formula is C40H35F7N6O5S. The molecule has 5 heterocycles. The monoisotopic (exact) mass is 844 g/mol. The minimum Gasteiger partial charge on any atom is -0.437 e. The Morgan fingerprint density at radius 1 is 0.915 bits per heavy atom. The van der Waals surface area contributed by atoms with Crippen molar-refractivity contribution in [3.05, 3.63) is 123 Å². The maximum atomic E-state index is 15.2.